The molecule has 0 aliphatic heterocycles. The molecule has 5 nitrogen and oxygen atoms in total. The number of thioether (sulfide) groups is 1. The maximum absolute atomic E-state index is 12.8. The van der Waals surface area contributed by atoms with Crippen molar-refractivity contribution in [1.29, 1.82) is 0 Å². The number of hydrogen-bond donors (Lipinski definition) is 1. The monoisotopic (exact) mass is 419 g/mol. The predicted octanol–water partition coefficient (Wildman–Crippen LogP) is 4.26. The van der Waals surface area contributed by atoms with Crippen molar-refractivity contribution in [3.05, 3.63) is 50.1 Å². The summed E-state index contributed by atoms with van der Waals surface area (Å²) in [5.74, 6) is -0.148. The second kappa shape index (κ2) is 7.30. The van der Waals surface area contributed by atoms with E-state index in [2.05, 4.69) is 10.3 Å². The quantitative estimate of drug-likeness (QED) is 0.507. The van der Waals surface area contributed by atoms with E-state index in [1.54, 1.807) is 54.1 Å². The van der Waals surface area contributed by atoms with Gasteiger partial charge in [0.1, 0.15) is 4.83 Å². The van der Waals surface area contributed by atoms with Crippen LogP contribution < -0.4 is 10.9 Å². The van der Waals surface area contributed by atoms with Gasteiger partial charge in [0.25, 0.3) is 5.56 Å². The number of carbonyl (C=O) groups excluding carboxylic acids is 1. The minimum Gasteiger partial charge on any atom is -0.325 e. The van der Waals surface area contributed by atoms with E-state index < -0.39 is 5.25 Å². The Morgan fingerprint density at radius 3 is 2.81 bits per heavy atom. The molecule has 0 bridgehead atoms. The van der Waals surface area contributed by atoms with Crippen molar-refractivity contribution in [1.82, 2.24) is 9.55 Å². The first-order valence-corrected chi connectivity index (χ1v) is 10.8. The molecular formula is C19H18ClN3O2S2. The zero-order valence-electron chi connectivity index (χ0n) is 14.9. The fourth-order valence-electron chi connectivity index (χ4n) is 3.20. The molecule has 2 aromatic heterocycles. The van der Waals surface area contributed by atoms with Gasteiger partial charge in [0.05, 0.1) is 10.6 Å². The first kappa shape index (κ1) is 18.5. The number of nitrogens with one attached hydrogen (secondary N) is 1. The summed E-state index contributed by atoms with van der Waals surface area (Å²) >= 11 is 8.77. The van der Waals surface area contributed by atoms with E-state index in [-0.39, 0.29) is 11.5 Å². The Bertz CT molecular complexity index is 1090. The molecule has 0 fully saturated rings. The first-order valence-electron chi connectivity index (χ1n) is 8.68. The maximum Gasteiger partial charge on any atom is 0.262 e. The molecule has 2 heterocycles. The fraction of sp³-hybridized carbons (Fsp3) is 0.316. The van der Waals surface area contributed by atoms with Crippen LogP contribution in [0.5, 0.6) is 0 Å². The third-order valence-corrected chi connectivity index (χ3v) is 7.25. The zero-order valence-corrected chi connectivity index (χ0v) is 17.3. The van der Waals surface area contributed by atoms with Gasteiger partial charge in [0.15, 0.2) is 5.16 Å². The smallest absolute Gasteiger partial charge is 0.262 e. The number of carbonyl (C=O) groups is 1. The molecular weight excluding hydrogens is 402 g/mol. The molecule has 0 saturated heterocycles. The minimum absolute atomic E-state index is 0.0211. The van der Waals surface area contributed by atoms with Crippen molar-refractivity contribution in [3.63, 3.8) is 0 Å². The number of benzene rings is 1. The highest BCUT2D eigenvalue weighted by molar-refractivity contribution is 8.00. The third-order valence-electron chi connectivity index (χ3n) is 4.67. The van der Waals surface area contributed by atoms with Gasteiger partial charge in [-0.15, -0.1) is 11.3 Å². The summed E-state index contributed by atoms with van der Waals surface area (Å²) in [5.41, 5.74) is 1.84. The van der Waals surface area contributed by atoms with Crippen LogP contribution in [-0.2, 0) is 24.7 Å². The van der Waals surface area contributed by atoms with Gasteiger partial charge in [-0.3, -0.25) is 14.2 Å². The molecule has 1 aliphatic rings. The largest absolute Gasteiger partial charge is 0.325 e. The Morgan fingerprint density at radius 1 is 1.33 bits per heavy atom. The lowest BCUT2D eigenvalue weighted by Gasteiger charge is -2.13. The van der Waals surface area contributed by atoms with E-state index in [0.717, 1.165) is 29.5 Å². The SMILES string of the molecule is CC(Sc1nc2sc3c(c2c(=O)n1C)CCC3)C(=O)Nc1ccc(Cl)cc1. The lowest BCUT2D eigenvalue weighted by Crippen LogP contribution is -2.25. The van der Waals surface area contributed by atoms with Crippen molar-refractivity contribution in [3.8, 4) is 0 Å². The van der Waals surface area contributed by atoms with E-state index in [1.807, 2.05) is 0 Å². The van der Waals surface area contributed by atoms with Crippen molar-refractivity contribution < 1.29 is 4.79 Å². The summed E-state index contributed by atoms with van der Waals surface area (Å²) < 4.78 is 1.56. The molecule has 3 aromatic rings. The second-order valence-electron chi connectivity index (χ2n) is 6.55. The van der Waals surface area contributed by atoms with Gasteiger partial charge < -0.3 is 5.32 Å². The highest BCUT2D eigenvalue weighted by atomic mass is 35.5. The van der Waals surface area contributed by atoms with Crippen LogP contribution in [0, 0.1) is 0 Å². The van der Waals surface area contributed by atoms with Crippen molar-refractivity contribution in [2.75, 3.05) is 5.32 Å². The van der Waals surface area contributed by atoms with E-state index in [1.165, 1.54) is 22.2 Å². The minimum atomic E-state index is -0.400. The Labute approximate surface area is 169 Å². The van der Waals surface area contributed by atoms with Gasteiger partial charge in [0.2, 0.25) is 5.91 Å². The van der Waals surface area contributed by atoms with Crippen molar-refractivity contribution in [2.45, 2.75) is 36.6 Å². The van der Waals surface area contributed by atoms with Gasteiger partial charge >= 0.3 is 0 Å². The molecule has 1 aliphatic carbocycles. The summed E-state index contributed by atoms with van der Waals surface area (Å²) in [5, 5.41) is 4.40. The standard InChI is InChI=1S/C19H18ClN3O2S2/c1-10(16(24)21-12-8-6-11(20)7-9-12)26-19-22-17-15(18(25)23(19)2)13-4-3-5-14(13)27-17/h6-10H,3-5H2,1-2H3,(H,21,24). The van der Waals surface area contributed by atoms with Gasteiger partial charge in [-0.25, -0.2) is 4.98 Å². The van der Waals surface area contributed by atoms with Gasteiger partial charge in [-0.1, -0.05) is 23.4 Å². The summed E-state index contributed by atoms with van der Waals surface area (Å²) in [6.07, 6.45) is 3.10. The Balaban J connectivity index is 1.57. The Morgan fingerprint density at radius 2 is 2.07 bits per heavy atom. The molecule has 0 radical (unpaired) electrons. The van der Waals surface area contributed by atoms with E-state index >= 15 is 0 Å². The number of amides is 1. The second-order valence-corrected chi connectivity index (χ2v) is 9.38. The van der Waals surface area contributed by atoms with Crippen LogP contribution in [0.2, 0.25) is 5.02 Å². The normalized spacial score (nSPS) is 14.3. The molecule has 1 N–H and O–H groups in total. The molecule has 4 rings (SSSR count). The third kappa shape index (κ3) is 3.51. The highest BCUT2D eigenvalue weighted by Crippen LogP contribution is 2.35. The number of hydrogen-bond acceptors (Lipinski definition) is 5. The number of rotatable bonds is 4. The van der Waals surface area contributed by atoms with Crippen LogP contribution in [0.4, 0.5) is 5.69 Å². The van der Waals surface area contributed by atoms with Gasteiger partial charge in [0, 0.05) is 22.6 Å². The molecule has 0 spiro atoms. The number of nitrogens with zero attached hydrogens (tertiary/aromatic N) is 2. The summed E-state index contributed by atoms with van der Waals surface area (Å²) in [6.45, 7) is 1.81. The average molecular weight is 420 g/mol. The van der Waals surface area contributed by atoms with E-state index in [4.69, 9.17) is 11.6 Å². The number of halogens is 1. The number of thiophene rings is 1. The summed E-state index contributed by atoms with van der Waals surface area (Å²) in [4.78, 5) is 32.1. The van der Waals surface area contributed by atoms with Gasteiger partial charge in [-0.2, -0.15) is 0 Å². The number of aryl methyl sites for hydroxylation is 2. The molecule has 1 atom stereocenters. The van der Waals surface area contributed by atoms with Crippen molar-refractivity contribution >= 4 is 56.5 Å². The number of anilines is 1. The predicted molar refractivity (Wildman–Crippen MR) is 112 cm³/mol. The van der Waals surface area contributed by atoms with Crippen LogP contribution in [-0.4, -0.2) is 20.7 Å². The van der Waals surface area contributed by atoms with Crippen LogP contribution in [0.15, 0.2) is 34.2 Å². The lowest BCUT2D eigenvalue weighted by molar-refractivity contribution is -0.115. The molecule has 27 heavy (non-hydrogen) atoms. The maximum atomic E-state index is 12.8. The van der Waals surface area contributed by atoms with Crippen LogP contribution in [0.1, 0.15) is 23.8 Å². The Hall–Kier alpha value is -1.83. The van der Waals surface area contributed by atoms with Gasteiger partial charge in [-0.05, 0) is 56.0 Å². The summed E-state index contributed by atoms with van der Waals surface area (Å²) in [7, 11) is 1.72. The van der Waals surface area contributed by atoms with E-state index in [0.29, 0.717) is 15.9 Å². The Kier molecular flexibility index (Phi) is 5.01. The van der Waals surface area contributed by atoms with E-state index in [9.17, 15) is 9.59 Å². The van der Waals surface area contributed by atoms with Crippen molar-refractivity contribution in [2.24, 2.45) is 7.05 Å². The molecule has 8 heteroatoms. The summed E-state index contributed by atoms with van der Waals surface area (Å²) in [6, 6.07) is 6.96. The molecule has 1 aromatic carbocycles. The molecule has 1 amide bonds. The van der Waals surface area contributed by atoms with Crippen LogP contribution in [0.3, 0.4) is 0 Å². The number of fused-ring (bicyclic) bond motifs is 3. The van der Waals surface area contributed by atoms with Crippen LogP contribution >= 0.6 is 34.7 Å². The topological polar surface area (TPSA) is 64.0 Å². The number of aromatic nitrogens is 2. The molecule has 1 unspecified atom stereocenters. The lowest BCUT2D eigenvalue weighted by atomic mass is 10.2. The fourth-order valence-corrected chi connectivity index (χ4v) is 5.50. The highest BCUT2D eigenvalue weighted by Gasteiger charge is 2.24. The zero-order chi connectivity index (χ0) is 19.1. The first-order chi connectivity index (χ1) is 12.9. The molecule has 0 saturated carbocycles. The average Bonchev–Trinajstić information content (AvgIpc) is 3.22. The van der Waals surface area contributed by atoms with Crippen LogP contribution in [0.25, 0.3) is 10.2 Å². The molecule has 140 valence electrons.